The summed E-state index contributed by atoms with van der Waals surface area (Å²) in [4.78, 5) is 0. The van der Waals surface area contributed by atoms with Gasteiger partial charge in [-0.25, -0.2) is 0 Å². The monoisotopic (exact) mass is 283 g/mol. The lowest BCUT2D eigenvalue weighted by Crippen LogP contribution is -2.52. The second kappa shape index (κ2) is 5.57. The first-order chi connectivity index (χ1) is 9.10. The zero-order valence-corrected chi connectivity index (χ0v) is 13.4. The van der Waals surface area contributed by atoms with Crippen LogP contribution in [0, 0.1) is 5.41 Å². The fourth-order valence-electron chi connectivity index (χ4n) is 4.18. The predicted octanol–water partition coefficient (Wildman–Crippen LogP) is 3.60. The minimum Gasteiger partial charge on any atom is -0.375 e. The van der Waals surface area contributed by atoms with Crippen molar-refractivity contribution in [2.75, 3.05) is 18.1 Å². The third-order valence-electron chi connectivity index (χ3n) is 5.59. The molecule has 2 unspecified atom stereocenters. The molecule has 0 amide bonds. The molecule has 3 heteroatoms. The fraction of sp³-hybridized carbons (Fsp3) is 1.00. The molecular formula is C16H29NOS. The third kappa shape index (κ3) is 3.14. The minimum atomic E-state index is 0.226. The lowest BCUT2D eigenvalue weighted by Gasteiger charge is -2.45. The molecule has 0 radical (unpaired) electrons. The molecule has 3 fully saturated rings. The summed E-state index contributed by atoms with van der Waals surface area (Å²) in [5.41, 5.74) is 0.720. The van der Waals surface area contributed by atoms with Crippen LogP contribution in [0.5, 0.6) is 0 Å². The molecule has 3 aliphatic rings. The van der Waals surface area contributed by atoms with Crippen LogP contribution in [-0.2, 0) is 4.74 Å². The molecule has 0 bridgehead atoms. The molecule has 2 heterocycles. The molecule has 19 heavy (non-hydrogen) atoms. The lowest BCUT2D eigenvalue weighted by molar-refractivity contribution is -0.0951. The van der Waals surface area contributed by atoms with Gasteiger partial charge in [0.05, 0.1) is 5.60 Å². The standard InChI is InChI=1S/C16H29NOS/c1-15(2)6-3-4-14(15)17-13-5-9-18-16(12-13)7-10-19-11-8-16/h13-14,17H,3-12H2,1-2H3. The van der Waals surface area contributed by atoms with Crippen LogP contribution in [-0.4, -0.2) is 35.8 Å². The van der Waals surface area contributed by atoms with Crippen LogP contribution in [0.25, 0.3) is 0 Å². The molecule has 0 aromatic carbocycles. The Hall–Kier alpha value is 0.270. The Morgan fingerprint density at radius 3 is 2.58 bits per heavy atom. The molecule has 2 nitrogen and oxygen atoms in total. The summed E-state index contributed by atoms with van der Waals surface area (Å²) >= 11 is 2.10. The van der Waals surface area contributed by atoms with Crippen LogP contribution < -0.4 is 5.32 Å². The van der Waals surface area contributed by atoms with Crippen LogP contribution in [0.3, 0.4) is 0 Å². The van der Waals surface area contributed by atoms with Gasteiger partial charge in [-0.2, -0.15) is 11.8 Å². The summed E-state index contributed by atoms with van der Waals surface area (Å²) < 4.78 is 6.20. The molecular weight excluding hydrogens is 254 g/mol. The Morgan fingerprint density at radius 1 is 1.11 bits per heavy atom. The Bertz CT molecular complexity index is 306. The van der Waals surface area contributed by atoms with Gasteiger partial charge in [0.1, 0.15) is 0 Å². The van der Waals surface area contributed by atoms with Crippen LogP contribution in [0.15, 0.2) is 0 Å². The van der Waals surface area contributed by atoms with Crippen LogP contribution >= 0.6 is 11.8 Å². The Morgan fingerprint density at radius 2 is 1.89 bits per heavy atom. The summed E-state index contributed by atoms with van der Waals surface area (Å²) in [6.07, 6.45) is 9.15. The average molecular weight is 283 g/mol. The molecule has 2 aliphatic heterocycles. The number of thioether (sulfide) groups is 1. The van der Waals surface area contributed by atoms with Gasteiger partial charge in [0.2, 0.25) is 0 Å². The second-order valence-electron chi connectivity index (χ2n) is 7.43. The van der Waals surface area contributed by atoms with Crippen LogP contribution in [0.1, 0.15) is 58.8 Å². The fourth-order valence-corrected chi connectivity index (χ4v) is 5.42. The van der Waals surface area contributed by atoms with Gasteiger partial charge in [-0.15, -0.1) is 0 Å². The first-order valence-electron chi connectivity index (χ1n) is 8.08. The number of nitrogens with one attached hydrogen (secondary N) is 1. The van der Waals surface area contributed by atoms with Gasteiger partial charge >= 0.3 is 0 Å². The first-order valence-corrected chi connectivity index (χ1v) is 9.23. The highest BCUT2D eigenvalue weighted by Gasteiger charge is 2.41. The number of rotatable bonds is 2. The zero-order valence-electron chi connectivity index (χ0n) is 12.5. The smallest absolute Gasteiger partial charge is 0.0713 e. The van der Waals surface area contributed by atoms with E-state index in [2.05, 4.69) is 30.9 Å². The van der Waals surface area contributed by atoms with Crippen molar-refractivity contribution < 1.29 is 4.74 Å². The molecule has 1 saturated carbocycles. The van der Waals surface area contributed by atoms with Crippen molar-refractivity contribution in [2.24, 2.45) is 5.41 Å². The lowest BCUT2D eigenvalue weighted by atomic mass is 9.83. The molecule has 2 saturated heterocycles. The molecule has 0 aromatic rings. The normalized spacial score (nSPS) is 37.6. The summed E-state index contributed by atoms with van der Waals surface area (Å²) in [5.74, 6) is 2.59. The largest absolute Gasteiger partial charge is 0.375 e. The Balaban J connectivity index is 1.59. The van der Waals surface area contributed by atoms with Gasteiger partial charge in [0.15, 0.2) is 0 Å². The molecule has 1 aliphatic carbocycles. The van der Waals surface area contributed by atoms with Gasteiger partial charge in [-0.1, -0.05) is 20.3 Å². The predicted molar refractivity (Wildman–Crippen MR) is 82.8 cm³/mol. The number of ether oxygens (including phenoxy) is 1. The minimum absolute atomic E-state index is 0.226. The summed E-state index contributed by atoms with van der Waals surface area (Å²) in [5, 5.41) is 3.99. The highest BCUT2D eigenvalue weighted by atomic mass is 32.2. The second-order valence-corrected chi connectivity index (χ2v) is 8.66. The highest BCUT2D eigenvalue weighted by molar-refractivity contribution is 7.99. The first kappa shape index (κ1) is 14.2. The maximum atomic E-state index is 6.20. The van der Waals surface area contributed by atoms with Crippen molar-refractivity contribution in [2.45, 2.75) is 76.5 Å². The number of hydrogen-bond donors (Lipinski definition) is 1. The quantitative estimate of drug-likeness (QED) is 0.836. The maximum absolute atomic E-state index is 6.20. The molecule has 2 atom stereocenters. The van der Waals surface area contributed by atoms with E-state index in [4.69, 9.17) is 4.74 Å². The zero-order chi connectivity index (χ0) is 13.3. The number of hydrogen-bond acceptors (Lipinski definition) is 3. The van der Waals surface area contributed by atoms with Gasteiger partial charge in [0, 0.05) is 18.7 Å². The molecule has 110 valence electrons. The average Bonchev–Trinajstić information content (AvgIpc) is 2.70. The summed E-state index contributed by atoms with van der Waals surface area (Å²) in [6.45, 7) is 5.84. The summed E-state index contributed by atoms with van der Waals surface area (Å²) in [6, 6.07) is 1.42. The Labute approximate surface area is 122 Å². The van der Waals surface area contributed by atoms with Crippen LogP contribution in [0.2, 0.25) is 0 Å². The van der Waals surface area contributed by atoms with Crippen LogP contribution in [0.4, 0.5) is 0 Å². The molecule has 1 N–H and O–H groups in total. The van der Waals surface area contributed by atoms with E-state index in [0.717, 1.165) is 12.6 Å². The van der Waals surface area contributed by atoms with Gasteiger partial charge in [-0.3, -0.25) is 0 Å². The van der Waals surface area contributed by atoms with E-state index < -0.39 is 0 Å². The molecule has 3 rings (SSSR count). The topological polar surface area (TPSA) is 21.3 Å². The van der Waals surface area contributed by atoms with E-state index in [1.807, 2.05) is 0 Å². The molecule has 1 spiro atoms. The molecule has 0 aromatic heterocycles. The Kier molecular flexibility index (Phi) is 4.17. The third-order valence-corrected chi connectivity index (χ3v) is 6.58. The van der Waals surface area contributed by atoms with E-state index in [-0.39, 0.29) is 5.60 Å². The van der Waals surface area contributed by atoms with Crippen molar-refractivity contribution in [1.29, 1.82) is 0 Å². The summed E-state index contributed by atoms with van der Waals surface area (Å²) in [7, 11) is 0. The van der Waals surface area contributed by atoms with Gasteiger partial charge in [-0.05, 0) is 55.4 Å². The van der Waals surface area contributed by atoms with Crippen molar-refractivity contribution in [3.05, 3.63) is 0 Å². The van der Waals surface area contributed by atoms with Crippen molar-refractivity contribution >= 4 is 11.8 Å². The van der Waals surface area contributed by atoms with E-state index in [1.54, 1.807) is 0 Å². The van der Waals surface area contributed by atoms with Gasteiger partial charge < -0.3 is 10.1 Å². The van der Waals surface area contributed by atoms with E-state index in [1.165, 1.54) is 56.5 Å². The van der Waals surface area contributed by atoms with Crippen molar-refractivity contribution in [3.63, 3.8) is 0 Å². The van der Waals surface area contributed by atoms with Crippen molar-refractivity contribution in [1.82, 2.24) is 5.32 Å². The SMILES string of the molecule is CC1(C)CCCC1NC1CCOC2(CCSCC2)C1. The highest BCUT2D eigenvalue weighted by Crippen LogP contribution is 2.40. The van der Waals surface area contributed by atoms with Crippen molar-refractivity contribution in [3.8, 4) is 0 Å². The van der Waals surface area contributed by atoms with E-state index in [0.29, 0.717) is 11.5 Å². The van der Waals surface area contributed by atoms with E-state index >= 15 is 0 Å². The van der Waals surface area contributed by atoms with Gasteiger partial charge in [0.25, 0.3) is 0 Å². The van der Waals surface area contributed by atoms with E-state index in [9.17, 15) is 0 Å². The maximum Gasteiger partial charge on any atom is 0.0713 e.